The monoisotopic (exact) mass is 499 g/mol. The average molecular weight is 500 g/mol. The van der Waals surface area contributed by atoms with E-state index in [0.717, 1.165) is 0 Å². The van der Waals surface area contributed by atoms with Crippen LogP contribution in [0.25, 0.3) is 0 Å². The zero-order valence-electron chi connectivity index (χ0n) is 19.1. The van der Waals surface area contributed by atoms with E-state index in [-0.39, 0.29) is 34.6 Å². The number of nitrogens with zero attached hydrogens (tertiary/aromatic N) is 5. The standard InChI is InChI=1S/C24H21N9O2S/c1-35-18-10-6-5-9-17(18)29-24-31-19(30-23(27)33-24)13-36-22-14(12-25)11-16(20(26)32-22)21(34)28-15-7-3-2-4-8-15/h2-11H,13H2,1H3,(H2,26,32)(H,28,34)(H3,27,29,30,31,33). The molecule has 4 aromatic rings. The van der Waals surface area contributed by atoms with E-state index >= 15 is 0 Å². The van der Waals surface area contributed by atoms with Crippen LogP contribution in [-0.2, 0) is 5.75 Å². The molecule has 6 N–H and O–H groups in total. The lowest BCUT2D eigenvalue weighted by molar-refractivity contribution is 0.102. The topological polar surface area (TPSA) is 178 Å². The second kappa shape index (κ2) is 11.0. The summed E-state index contributed by atoms with van der Waals surface area (Å²) < 4.78 is 5.33. The lowest BCUT2D eigenvalue weighted by Gasteiger charge is -2.11. The number of ether oxygens (including phenoxy) is 1. The zero-order valence-corrected chi connectivity index (χ0v) is 19.9. The maximum atomic E-state index is 12.7. The first kappa shape index (κ1) is 24.2. The van der Waals surface area contributed by atoms with E-state index in [1.807, 2.05) is 24.3 Å². The molecule has 0 spiro atoms. The lowest BCUT2D eigenvalue weighted by atomic mass is 10.2. The van der Waals surface area contributed by atoms with Crippen molar-refractivity contribution >= 4 is 46.8 Å². The molecule has 0 unspecified atom stereocenters. The summed E-state index contributed by atoms with van der Waals surface area (Å²) >= 11 is 1.19. The summed E-state index contributed by atoms with van der Waals surface area (Å²) in [4.78, 5) is 29.6. The van der Waals surface area contributed by atoms with Crippen molar-refractivity contribution in [1.82, 2.24) is 19.9 Å². The molecule has 36 heavy (non-hydrogen) atoms. The van der Waals surface area contributed by atoms with Crippen LogP contribution >= 0.6 is 11.8 Å². The van der Waals surface area contributed by atoms with E-state index in [2.05, 4.69) is 36.6 Å². The number of nitrogens with one attached hydrogen (secondary N) is 2. The van der Waals surface area contributed by atoms with Crippen molar-refractivity contribution in [2.45, 2.75) is 10.8 Å². The highest BCUT2D eigenvalue weighted by atomic mass is 32.2. The number of hydrogen-bond donors (Lipinski definition) is 4. The largest absolute Gasteiger partial charge is 0.495 e. The molecule has 0 aliphatic heterocycles. The summed E-state index contributed by atoms with van der Waals surface area (Å²) in [6.07, 6.45) is 0. The fourth-order valence-electron chi connectivity index (χ4n) is 3.16. The van der Waals surface area contributed by atoms with Crippen molar-refractivity contribution in [3.8, 4) is 11.8 Å². The Morgan fingerprint density at radius 1 is 1.06 bits per heavy atom. The number of amides is 1. The van der Waals surface area contributed by atoms with Gasteiger partial charge in [0.15, 0.2) is 0 Å². The normalized spacial score (nSPS) is 10.3. The molecular weight excluding hydrogens is 478 g/mol. The van der Waals surface area contributed by atoms with Crippen molar-refractivity contribution in [2.24, 2.45) is 0 Å². The number of para-hydroxylation sites is 3. The average Bonchev–Trinajstić information content (AvgIpc) is 2.88. The fourth-order valence-corrected chi connectivity index (χ4v) is 3.98. The molecule has 0 saturated heterocycles. The molecule has 0 bridgehead atoms. The number of nitrogen functional groups attached to an aromatic ring is 2. The number of pyridine rings is 1. The van der Waals surface area contributed by atoms with Crippen LogP contribution in [0.15, 0.2) is 65.7 Å². The second-order valence-corrected chi connectivity index (χ2v) is 8.22. The highest BCUT2D eigenvalue weighted by Gasteiger charge is 2.17. The summed E-state index contributed by atoms with van der Waals surface area (Å²) in [5, 5.41) is 15.8. The van der Waals surface area contributed by atoms with Gasteiger partial charge < -0.3 is 26.8 Å². The first-order chi connectivity index (χ1) is 17.5. The molecule has 0 aliphatic rings. The predicted molar refractivity (Wildman–Crippen MR) is 138 cm³/mol. The van der Waals surface area contributed by atoms with Gasteiger partial charge in [-0.1, -0.05) is 42.1 Å². The molecule has 0 aliphatic carbocycles. The van der Waals surface area contributed by atoms with Gasteiger partial charge in [0.25, 0.3) is 5.91 Å². The van der Waals surface area contributed by atoms with Crippen LogP contribution in [0, 0.1) is 11.3 Å². The maximum Gasteiger partial charge on any atom is 0.259 e. The minimum atomic E-state index is -0.462. The van der Waals surface area contributed by atoms with Gasteiger partial charge in [-0.15, -0.1) is 0 Å². The Hall–Kier alpha value is -4.89. The molecule has 1 amide bonds. The maximum absolute atomic E-state index is 12.7. The van der Waals surface area contributed by atoms with E-state index in [0.29, 0.717) is 28.0 Å². The number of carbonyl (C=O) groups excluding carboxylic acids is 1. The molecule has 4 rings (SSSR count). The molecule has 180 valence electrons. The molecule has 2 aromatic carbocycles. The van der Waals surface area contributed by atoms with Gasteiger partial charge in [-0.3, -0.25) is 4.79 Å². The Morgan fingerprint density at radius 2 is 1.81 bits per heavy atom. The Balaban J connectivity index is 1.51. The van der Waals surface area contributed by atoms with Gasteiger partial charge in [0.2, 0.25) is 11.9 Å². The van der Waals surface area contributed by atoms with Crippen molar-refractivity contribution in [3.05, 3.63) is 77.6 Å². The van der Waals surface area contributed by atoms with Crippen LogP contribution in [0.1, 0.15) is 21.7 Å². The van der Waals surface area contributed by atoms with E-state index in [9.17, 15) is 10.1 Å². The zero-order chi connectivity index (χ0) is 25.5. The highest BCUT2D eigenvalue weighted by Crippen LogP contribution is 2.28. The molecule has 11 nitrogen and oxygen atoms in total. The summed E-state index contributed by atoms with van der Waals surface area (Å²) in [5.41, 5.74) is 13.5. The van der Waals surface area contributed by atoms with Crippen LogP contribution in [0.4, 0.5) is 29.1 Å². The predicted octanol–water partition coefficient (Wildman–Crippen LogP) is 3.60. The van der Waals surface area contributed by atoms with Crippen molar-refractivity contribution in [2.75, 3.05) is 29.2 Å². The first-order valence-corrected chi connectivity index (χ1v) is 11.6. The van der Waals surface area contributed by atoms with E-state index < -0.39 is 5.91 Å². The molecular formula is C24H21N9O2S. The third-order valence-corrected chi connectivity index (χ3v) is 5.79. The van der Waals surface area contributed by atoms with Crippen LogP contribution in [-0.4, -0.2) is 33.0 Å². The number of nitrogens with two attached hydrogens (primary N) is 2. The molecule has 2 heterocycles. The molecule has 0 fully saturated rings. The summed E-state index contributed by atoms with van der Waals surface area (Å²) in [6, 6.07) is 19.7. The lowest BCUT2D eigenvalue weighted by Crippen LogP contribution is -2.15. The number of rotatable bonds is 8. The van der Waals surface area contributed by atoms with Gasteiger partial charge in [-0.2, -0.15) is 20.2 Å². The summed E-state index contributed by atoms with van der Waals surface area (Å²) in [7, 11) is 1.56. The number of benzene rings is 2. The third kappa shape index (κ3) is 5.78. The summed E-state index contributed by atoms with van der Waals surface area (Å²) in [5.74, 6) is 1.00. The number of nitriles is 1. The fraction of sp³-hybridized carbons (Fsp3) is 0.0833. The Labute approximate surface area is 211 Å². The third-order valence-electron chi connectivity index (χ3n) is 4.80. The van der Waals surface area contributed by atoms with Crippen molar-refractivity contribution in [1.29, 1.82) is 5.26 Å². The second-order valence-electron chi connectivity index (χ2n) is 7.25. The minimum Gasteiger partial charge on any atom is -0.495 e. The molecule has 2 aromatic heterocycles. The van der Waals surface area contributed by atoms with E-state index in [1.54, 1.807) is 37.4 Å². The molecule has 0 radical (unpaired) electrons. The van der Waals surface area contributed by atoms with Crippen molar-refractivity contribution in [3.63, 3.8) is 0 Å². The Bertz CT molecular complexity index is 1440. The van der Waals surface area contributed by atoms with Gasteiger partial charge in [-0.05, 0) is 30.3 Å². The number of carbonyl (C=O) groups is 1. The van der Waals surface area contributed by atoms with E-state index in [1.165, 1.54) is 17.8 Å². The smallest absolute Gasteiger partial charge is 0.259 e. The SMILES string of the molecule is COc1ccccc1Nc1nc(N)nc(CSc2nc(N)c(C(=O)Nc3ccccc3)cc2C#N)n1. The minimum absolute atomic E-state index is 0.00128. The first-order valence-electron chi connectivity index (χ1n) is 10.6. The Kier molecular flexibility index (Phi) is 7.42. The molecule has 0 atom stereocenters. The number of hydrogen-bond acceptors (Lipinski definition) is 11. The summed E-state index contributed by atoms with van der Waals surface area (Å²) in [6.45, 7) is 0. The number of thioether (sulfide) groups is 1. The van der Waals surface area contributed by atoms with Crippen LogP contribution in [0.5, 0.6) is 5.75 Å². The van der Waals surface area contributed by atoms with Gasteiger partial charge in [0, 0.05) is 5.69 Å². The van der Waals surface area contributed by atoms with Gasteiger partial charge in [0.1, 0.15) is 28.5 Å². The van der Waals surface area contributed by atoms with Crippen LogP contribution < -0.4 is 26.8 Å². The molecule has 0 saturated carbocycles. The van der Waals surface area contributed by atoms with Crippen LogP contribution in [0.3, 0.4) is 0 Å². The molecule has 12 heteroatoms. The van der Waals surface area contributed by atoms with Gasteiger partial charge in [-0.25, -0.2) is 4.98 Å². The number of methoxy groups -OCH3 is 1. The quantitative estimate of drug-likeness (QED) is 0.260. The van der Waals surface area contributed by atoms with E-state index in [4.69, 9.17) is 16.2 Å². The van der Waals surface area contributed by atoms with Crippen LogP contribution in [0.2, 0.25) is 0 Å². The van der Waals surface area contributed by atoms with Crippen molar-refractivity contribution < 1.29 is 9.53 Å². The van der Waals surface area contributed by atoms with Gasteiger partial charge >= 0.3 is 0 Å². The number of aromatic nitrogens is 4. The Morgan fingerprint density at radius 3 is 2.56 bits per heavy atom. The highest BCUT2D eigenvalue weighted by molar-refractivity contribution is 7.98. The van der Waals surface area contributed by atoms with Gasteiger partial charge in [0.05, 0.1) is 29.7 Å². The number of anilines is 5.